The van der Waals surface area contributed by atoms with Gasteiger partial charge >= 0.3 is 0 Å². The Morgan fingerprint density at radius 2 is 2.31 bits per heavy atom. The van der Waals surface area contributed by atoms with Gasteiger partial charge in [0, 0.05) is 4.88 Å². The molecule has 0 aliphatic heterocycles. The highest BCUT2D eigenvalue weighted by molar-refractivity contribution is 7.10. The molecule has 1 aromatic heterocycles. The van der Waals surface area contributed by atoms with Crippen molar-refractivity contribution in [1.82, 2.24) is 5.32 Å². The molecule has 1 unspecified atom stereocenters. The van der Waals surface area contributed by atoms with E-state index < -0.39 is 0 Å². The van der Waals surface area contributed by atoms with Gasteiger partial charge in [-0.25, -0.2) is 0 Å². The first-order valence-corrected chi connectivity index (χ1v) is 6.66. The van der Waals surface area contributed by atoms with Crippen LogP contribution in [-0.4, -0.2) is 11.9 Å². The van der Waals surface area contributed by atoms with Gasteiger partial charge in [-0.05, 0) is 24.3 Å². The second kappa shape index (κ2) is 6.66. The van der Waals surface area contributed by atoms with Crippen LogP contribution in [0.4, 0.5) is 0 Å². The van der Waals surface area contributed by atoms with E-state index in [-0.39, 0.29) is 18.0 Å². The first-order valence-electron chi connectivity index (χ1n) is 5.78. The summed E-state index contributed by atoms with van der Waals surface area (Å²) in [7, 11) is 0. The van der Waals surface area contributed by atoms with E-state index in [0.29, 0.717) is 0 Å². The van der Waals surface area contributed by atoms with E-state index >= 15 is 0 Å². The second-order valence-corrected chi connectivity index (χ2v) is 4.86. The van der Waals surface area contributed by atoms with Crippen molar-refractivity contribution in [2.75, 3.05) is 0 Å². The molecule has 1 heterocycles. The van der Waals surface area contributed by atoms with Crippen molar-refractivity contribution in [1.29, 1.82) is 0 Å². The number of nitrogens with one attached hydrogen (secondary N) is 1. The molecule has 2 atom stereocenters. The summed E-state index contributed by atoms with van der Waals surface area (Å²) < 4.78 is 0. The molecular formula is C12H20N2OS. The maximum Gasteiger partial charge on any atom is 0.237 e. The summed E-state index contributed by atoms with van der Waals surface area (Å²) >= 11 is 1.67. The van der Waals surface area contributed by atoms with Crippen LogP contribution in [0.2, 0.25) is 0 Å². The Morgan fingerprint density at radius 1 is 1.56 bits per heavy atom. The molecule has 0 bridgehead atoms. The number of carbonyl (C=O) groups excluding carboxylic acids is 1. The van der Waals surface area contributed by atoms with E-state index in [1.807, 2.05) is 24.4 Å². The van der Waals surface area contributed by atoms with Gasteiger partial charge in [0.2, 0.25) is 5.91 Å². The van der Waals surface area contributed by atoms with Gasteiger partial charge in [-0.15, -0.1) is 11.3 Å². The largest absolute Gasteiger partial charge is 0.347 e. The Morgan fingerprint density at radius 3 is 2.81 bits per heavy atom. The highest BCUT2D eigenvalue weighted by atomic mass is 32.1. The number of hydrogen-bond acceptors (Lipinski definition) is 3. The van der Waals surface area contributed by atoms with E-state index in [4.69, 9.17) is 5.73 Å². The summed E-state index contributed by atoms with van der Waals surface area (Å²) in [4.78, 5) is 13.0. The summed E-state index contributed by atoms with van der Waals surface area (Å²) in [5.74, 6) is -0.0397. The minimum atomic E-state index is -0.376. The van der Waals surface area contributed by atoms with Crippen molar-refractivity contribution in [2.45, 2.75) is 45.2 Å². The fraction of sp³-hybridized carbons (Fsp3) is 0.583. The minimum Gasteiger partial charge on any atom is -0.347 e. The Hall–Kier alpha value is -0.870. The zero-order valence-corrected chi connectivity index (χ0v) is 10.7. The Balaban J connectivity index is 2.54. The average molecular weight is 240 g/mol. The molecule has 4 heteroatoms. The van der Waals surface area contributed by atoms with Crippen molar-refractivity contribution >= 4 is 17.2 Å². The van der Waals surface area contributed by atoms with Crippen LogP contribution in [0.5, 0.6) is 0 Å². The van der Waals surface area contributed by atoms with Crippen LogP contribution in [0.25, 0.3) is 0 Å². The smallest absolute Gasteiger partial charge is 0.237 e. The first-order chi connectivity index (χ1) is 7.69. The third-order valence-corrected chi connectivity index (χ3v) is 3.53. The zero-order chi connectivity index (χ0) is 12.0. The molecule has 3 N–H and O–H groups in total. The average Bonchev–Trinajstić information content (AvgIpc) is 2.79. The number of hydrogen-bond donors (Lipinski definition) is 2. The normalized spacial score (nSPS) is 14.4. The van der Waals surface area contributed by atoms with Gasteiger partial charge in [0.15, 0.2) is 0 Å². The lowest BCUT2D eigenvalue weighted by molar-refractivity contribution is -0.123. The summed E-state index contributed by atoms with van der Waals surface area (Å²) in [6.07, 6.45) is 2.57. The number of nitrogens with two attached hydrogens (primary N) is 1. The lowest BCUT2D eigenvalue weighted by Gasteiger charge is -2.18. The van der Waals surface area contributed by atoms with Crippen LogP contribution in [0.1, 0.15) is 44.0 Å². The molecule has 0 saturated carbocycles. The quantitative estimate of drug-likeness (QED) is 0.802. The molecule has 16 heavy (non-hydrogen) atoms. The van der Waals surface area contributed by atoms with Crippen molar-refractivity contribution in [3.63, 3.8) is 0 Å². The van der Waals surface area contributed by atoms with Gasteiger partial charge < -0.3 is 11.1 Å². The van der Waals surface area contributed by atoms with E-state index in [0.717, 1.165) is 19.3 Å². The first kappa shape index (κ1) is 13.2. The standard InChI is InChI=1S/C12H20N2OS/c1-3-6-9(13)12(15)14-10(4-2)11-7-5-8-16-11/h5,7-10H,3-4,6,13H2,1-2H3,(H,14,15)/t9-,10?/m0/s1. The van der Waals surface area contributed by atoms with E-state index in [1.54, 1.807) is 11.3 Å². The van der Waals surface area contributed by atoms with Crippen LogP contribution in [0.3, 0.4) is 0 Å². The predicted octanol–water partition coefficient (Wildman–Crippen LogP) is 2.44. The SMILES string of the molecule is CCC[C@H](N)C(=O)NC(CC)c1cccs1. The summed E-state index contributed by atoms with van der Waals surface area (Å²) in [5, 5.41) is 5.02. The minimum absolute atomic E-state index is 0.0397. The molecule has 0 fully saturated rings. The molecule has 1 aromatic rings. The topological polar surface area (TPSA) is 55.1 Å². The molecule has 0 radical (unpaired) electrons. The van der Waals surface area contributed by atoms with Crippen molar-refractivity contribution in [3.8, 4) is 0 Å². The number of amides is 1. The number of carbonyl (C=O) groups is 1. The Kier molecular flexibility index (Phi) is 5.49. The highest BCUT2D eigenvalue weighted by Crippen LogP contribution is 2.21. The summed E-state index contributed by atoms with van der Waals surface area (Å²) in [5.41, 5.74) is 5.78. The summed E-state index contributed by atoms with van der Waals surface area (Å²) in [6, 6.07) is 3.78. The molecule has 0 spiro atoms. The van der Waals surface area contributed by atoms with Crippen LogP contribution >= 0.6 is 11.3 Å². The van der Waals surface area contributed by atoms with Gasteiger partial charge in [-0.3, -0.25) is 4.79 Å². The highest BCUT2D eigenvalue weighted by Gasteiger charge is 2.17. The van der Waals surface area contributed by atoms with Gasteiger partial charge in [0.05, 0.1) is 12.1 Å². The molecule has 0 aliphatic rings. The fourth-order valence-electron chi connectivity index (χ4n) is 1.58. The maximum atomic E-state index is 11.8. The molecule has 3 nitrogen and oxygen atoms in total. The van der Waals surface area contributed by atoms with E-state index in [1.165, 1.54) is 4.88 Å². The molecule has 0 aromatic carbocycles. The van der Waals surface area contributed by atoms with Crippen molar-refractivity contribution in [3.05, 3.63) is 22.4 Å². The van der Waals surface area contributed by atoms with Gasteiger partial charge in [-0.1, -0.05) is 26.3 Å². The lowest BCUT2D eigenvalue weighted by atomic mass is 10.1. The van der Waals surface area contributed by atoms with Crippen LogP contribution in [0.15, 0.2) is 17.5 Å². The third-order valence-electron chi connectivity index (χ3n) is 2.55. The van der Waals surface area contributed by atoms with Gasteiger partial charge in [-0.2, -0.15) is 0 Å². The monoisotopic (exact) mass is 240 g/mol. The predicted molar refractivity (Wildman–Crippen MR) is 68.4 cm³/mol. The van der Waals surface area contributed by atoms with Crippen LogP contribution in [0, 0.1) is 0 Å². The van der Waals surface area contributed by atoms with E-state index in [2.05, 4.69) is 12.2 Å². The molecule has 0 saturated heterocycles. The van der Waals surface area contributed by atoms with Gasteiger partial charge in [0.25, 0.3) is 0 Å². The summed E-state index contributed by atoms with van der Waals surface area (Å²) in [6.45, 7) is 4.10. The molecule has 90 valence electrons. The molecule has 1 rings (SSSR count). The molecular weight excluding hydrogens is 220 g/mol. The Bertz CT molecular complexity index is 311. The Labute approximate surface area is 101 Å². The second-order valence-electron chi connectivity index (χ2n) is 3.88. The van der Waals surface area contributed by atoms with Crippen LogP contribution in [-0.2, 0) is 4.79 Å². The van der Waals surface area contributed by atoms with Crippen LogP contribution < -0.4 is 11.1 Å². The zero-order valence-electron chi connectivity index (χ0n) is 9.90. The number of rotatable bonds is 6. The van der Waals surface area contributed by atoms with E-state index in [9.17, 15) is 4.79 Å². The maximum absolute atomic E-state index is 11.8. The van der Waals surface area contributed by atoms with Crippen molar-refractivity contribution in [2.24, 2.45) is 5.73 Å². The molecule has 0 aliphatic carbocycles. The third kappa shape index (κ3) is 3.61. The van der Waals surface area contributed by atoms with Gasteiger partial charge in [0.1, 0.15) is 0 Å². The number of thiophene rings is 1. The fourth-order valence-corrected chi connectivity index (χ4v) is 2.45. The molecule has 1 amide bonds. The van der Waals surface area contributed by atoms with Crippen molar-refractivity contribution < 1.29 is 4.79 Å². The lowest BCUT2D eigenvalue weighted by Crippen LogP contribution is -2.41.